The van der Waals surface area contributed by atoms with E-state index in [9.17, 15) is 4.79 Å². The molecule has 0 bridgehead atoms. The zero-order chi connectivity index (χ0) is 13.7. The minimum atomic E-state index is -0.281. The first-order valence-electron chi connectivity index (χ1n) is 6.81. The van der Waals surface area contributed by atoms with Crippen molar-refractivity contribution in [1.82, 2.24) is 5.32 Å². The molecule has 2 atom stereocenters. The minimum absolute atomic E-state index is 0.0162. The number of nitrogens with zero attached hydrogens (tertiary/aromatic N) is 1. The lowest BCUT2D eigenvalue weighted by Crippen LogP contribution is -2.32. The minimum Gasteiger partial charge on any atom is -0.366 e. The number of hydrogen-bond acceptors (Lipinski definition) is 3. The normalized spacial score (nSPS) is 20.0. The van der Waals surface area contributed by atoms with E-state index in [0.717, 1.165) is 18.4 Å². The van der Waals surface area contributed by atoms with E-state index in [1.165, 1.54) is 0 Å². The van der Waals surface area contributed by atoms with Crippen LogP contribution in [-0.4, -0.2) is 24.4 Å². The van der Waals surface area contributed by atoms with Gasteiger partial charge in [-0.05, 0) is 18.9 Å². The summed E-state index contributed by atoms with van der Waals surface area (Å²) in [6, 6.07) is 9.60. The summed E-state index contributed by atoms with van der Waals surface area (Å²) in [4.78, 5) is 16.3. The van der Waals surface area contributed by atoms with Gasteiger partial charge in [0.1, 0.15) is 18.0 Å². The van der Waals surface area contributed by atoms with Crippen molar-refractivity contribution in [2.24, 2.45) is 4.99 Å². The summed E-state index contributed by atoms with van der Waals surface area (Å²) in [5.41, 5.74) is 1.01. The van der Waals surface area contributed by atoms with Crippen LogP contribution in [0.15, 0.2) is 35.3 Å². The third-order valence-electron chi connectivity index (χ3n) is 3.09. The van der Waals surface area contributed by atoms with Crippen LogP contribution in [-0.2, 0) is 9.53 Å². The molecule has 4 heteroatoms. The first kappa shape index (κ1) is 13.7. The zero-order valence-electron chi connectivity index (χ0n) is 11.4. The third-order valence-corrected chi connectivity index (χ3v) is 3.09. The third kappa shape index (κ3) is 3.20. The Labute approximate surface area is 113 Å². The topological polar surface area (TPSA) is 50.7 Å². The number of amides is 1. The highest BCUT2D eigenvalue weighted by Crippen LogP contribution is 2.22. The number of nitrogens with one attached hydrogen (secondary N) is 1. The van der Waals surface area contributed by atoms with Gasteiger partial charge in [-0.1, -0.05) is 43.7 Å². The van der Waals surface area contributed by atoms with Crippen molar-refractivity contribution in [3.05, 3.63) is 35.9 Å². The van der Waals surface area contributed by atoms with Gasteiger partial charge in [0.2, 0.25) is 5.91 Å². The maximum atomic E-state index is 11.8. The fourth-order valence-electron chi connectivity index (χ4n) is 2.20. The van der Waals surface area contributed by atoms with Gasteiger partial charge in [0.25, 0.3) is 0 Å². The highest BCUT2D eigenvalue weighted by Gasteiger charge is 2.30. The van der Waals surface area contributed by atoms with Crippen LogP contribution in [0.3, 0.4) is 0 Å². The second-order valence-corrected chi connectivity index (χ2v) is 4.55. The second-order valence-electron chi connectivity index (χ2n) is 4.55. The summed E-state index contributed by atoms with van der Waals surface area (Å²) in [6.45, 7) is 4.57. The largest absolute Gasteiger partial charge is 0.366 e. The molecule has 1 aliphatic heterocycles. The van der Waals surface area contributed by atoms with Gasteiger partial charge in [0, 0.05) is 6.61 Å². The Morgan fingerprint density at radius 1 is 1.32 bits per heavy atom. The molecule has 0 spiro atoms. The molecule has 2 unspecified atom stereocenters. The van der Waals surface area contributed by atoms with Crippen molar-refractivity contribution >= 4 is 11.7 Å². The van der Waals surface area contributed by atoms with Gasteiger partial charge in [0.15, 0.2) is 0 Å². The van der Waals surface area contributed by atoms with Crippen molar-refractivity contribution in [2.75, 3.05) is 6.61 Å². The number of hydrogen-bond donors (Lipinski definition) is 1. The van der Waals surface area contributed by atoms with E-state index >= 15 is 0 Å². The summed E-state index contributed by atoms with van der Waals surface area (Å²) >= 11 is 0. The summed E-state index contributed by atoms with van der Waals surface area (Å²) in [6.07, 6.45) is 1.44. The highest BCUT2D eigenvalue weighted by molar-refractivity contribution is 6.07. The molecule has 19 heavy (non-hydrogen) atoms. The number of carbonyl (C=O) groups excluding carboxylic acids is 1. The molecule has 1 aromatic rings. The van der Waals surface area contributed by atoms with Crippen LogP contribution in [0.25, 0.3) is 0 Å². The van der Waals surface area contributed by atoms with Crippen LogP contribution in [0.5, 0.6) is 0 Å². The van der Waals surface area contributed by atoms with Gasteiger partial charge < -0.3 is 10.1 Å². The number of amidine groups is 1. The number of aliphatic imine (C=N–C) groups is 1. The molecule has 0 radical (unpaired) electrons. The maximum Gasteiger partial charge on any atom is 0.250 e. The van der Waals surface area contributed by atoms with E-state index in [0.29, 0.717) is 12.4 Å². The van der Waals surface area contributed by atoms with E-state index in [2.05, 4.69) is 17.2 Å². The number of benzene rings is 1. The van der Waals surface area contributed by atoms with Crippen molar-refractivity contribution < 1.29 is 9.53 Å². The number of carbonyl (C=O) groups is 1. The molecular weight excluding hydrogens is 240 g/mol. The lowest BCUT2D eigenvalue weighted by molar-refractivity contribution is -0.120. The van der Waals surface area contributed by atoms with Crippen LogP contribution < -0.4 is 5.32 Å². The van der Waals surface area contributed by atoms with Gasteiger partial charge in [-0.15, -0.1) is 0 Å². The standard InChI is InChI=1S/C15H20N2O2/c1-3-8-12-15(18)17-14(16-12)13(19-4-2)11-9-6-5-7-10-11/h5-7,9-10,12-13H,3-4,8H2,1-2H3,(H,16,17,18). The fraction of sp³-hybridized carbons (Fsp3) is 0.467. The van der Waals surface area contributed by atoms with E-state index < -0.39 is 0 Å². The number of rotatable bonds is 6. The number of ether oxygens (including phenoxy) is 1. The summed E-state index contributed by atoms with van der Waals surface area (Å²) in [5.74, 6) is 0.619. The monoisotopic (exact) mass is 260 g/mol. The van der Waals surface area contributed by atoms with Gasteiger partial charge >= 0.3 is 0 Å². The molecule has 1 aromatic carbocycles. The van der Waals surface area contributed by atoms with E-state index in [4.69, 9.17) is 4.74 Å². The first-order chi connectivity index (χ1) is 9.26. The van der Waals surface area contributed by atoms with Gasteiger partial charge in [-0.25, -0.2) is 0 Å². The molecule has 0 aromatic heterocycles. The van der Waals surface area contributed by atoms with Gasteiger partial charge in [-0.2, -0.15) is 0 Å². The molecule has 1 N–H and O–H groups in total. The highest BCUT2D eigenvalue weighted by atomic mass is 16.5. The summed E-state index contributed by atoms with van der Waals surface area (Å²) < 4.78 is 5.74. The first-order valence-corrected chi connectivity index (χ1v) is 6.81. The van der Waals surface area contributed by atoms with Crippen LogP contribution in [0.4, 0.5) is 0 Å². The predicted octanol–water partition coefficient (Wildman–Crippen LogP) is 2.46. The fourth-order valence-corrected chi connectivity index (χ4v) is 2.20. The van der Waals surface area contributed by atoms with Crippen LogP contribution >= 0.6 is 0 Å². The zero-order valence-corrected chi connectivity index (χ0v) is 11.4. The van der Waals surface area contributed by atoms with Gasteiger partial charge in [-0.3, -0.25) is 9.79 Å². The Bertz CT molecular complexity index is 456. The van der Waals surface area contributed by atoms with Crippen LogP contribution in [0, 0.1) is 0 Å². The van der Waals surface area contributed by atoms with Crippen LogP contribution in [0.1, 0.15) is 38.4 Å². The molecule has 1 heterocycles. The molecule has 0 saturated carbocycles. The average Bonchev–Trinajstić information content (AvgIpc) is 2.79. The lowest BCUT2D eigenvalue weighted by Gasteiger charge is -2.17. The van der Waals surface area contributed by atoms with Crippen LogP contribution in [0.2, 0.25) is 0 Å². The second kappa shape index (κ2) is 6.48. The van der Waals surface area contributed by atoms with Crippen molar-refractivity contribution in [3.8, 4) is 0 Å². The van der Waals surface area contributed by atoms with E-state index in [-0.39, 0.29) is 18.1 Å². The van der Waals surface area contributed by atoms with E-state index in [1.54, 1.807) is 0 Å². The van der Waals surface area contributed by atoms with E-state index in [1.807, 2.05) is 37.3 Å². The Morgan fingerprint density at radius 2 is 2.05 bits per heavy atom. The lowest BCUT2D eigenvalue weighted by atomic mass is 10.1. The Kier molecular flexibility index (Phi) is 4.68. The Hall–Kier alpha value is -1.68. The molecule has 0 fully saturated rings. The van der Waals surface area contributed by atoms with Crippen molar-refractivity contribution in [3.63, 3.8) is 0 Å². The molecule has 1 aliphatic rings. The molecule has 0 aliphatic carbocycles. The Balaban J connectivity index is 2.21. The molecule has 2 rings (SSSR count). The quantitative estimate of drug-likeness (QED) is 0.854. The molecule has 102 valence electrons. The summed E-state index contributed by atoms with van der Waals surface area (Å²) in [5, 5.41) is 2.86. The van der Waals surface area contributed by atoms with Crippen molar-refractivity contribution in [1.29, 1.82) is 0 Å². The summed E-state index contributed by atoms with van der Waals surface area (Å²) in [7, 11) is 0. The molecule has 0 saturated heterocycles. The maximum absolute atomic E-state index is 11.8. The SMILES string of the molecule is CCCC1N=C(C(OCC)c2ccccc2)NC1=O. The van der Waals surface area contributed by atoms with Crippen molar-refractivity contribution in [2.45, 2.75) is 38.8 Å². The smallest absolute Gasteiger partial charge is 0.250 e. The Morgan fingerprint density at radius 3 is 2.68 bits per heavy atom. The van der Waals surface area contributed by atoms with Gasteiger partial charge in [0.05, 0.1) is 0 Å². The molecule has 4 nitrogen and oxygen atoms in total. The molecular formula is C15H20N2O2. The predicted molar refractivity (Wildman–Crippen MR) is 75.1 cm³/mol. The molecule has 1 amide bonds. The average molecular weight is 260 g/mol.